The lowest BCUT2D eigenvalue weighted by molar-refractivity contribution is -0.133. The zero-order valence-corrected chi connectivity index (χ0v) is 21.5. The second-order valence-corrected chi connectivity index (χ2v) is 8.99. The van der Waals surface area contributed by atoms with Crippen molar-refractivity contribution in [2.75, 3.05) is 44.7 Å². The molecule has 2 N–H and O–H groups in total. The molecule has 2 aliphatic rings. The van der Waals surface area contributed by atoms with E-state index in [4.69, 9.17) is 11.6 Å². The van der Waals surface area contributed by atoms with E-state index in [1.165, 1.54) is 11.3 Å². The van der Waals surface area contributed by atoms with Crippen LogP contribution in [-0.2, 0) is 4.79 Å². The quantitative estimate of drug-likeness (QED) is 0.337. The summed E-state index contributed by atoms with van der Waals surface area (Å²) in [5.74, 6) is 1.68. The van der Waals surface area contributed by atoms with E-state index in [0.29, 0.717) is 5.92 Å². The minimum atomic E-state index is 0. The van der Waals surface area contributed by atoms with Crippen molar-refractivity contribution in [2.45, 2.75) is 39.7 Å². The number of amides is 1. The molecule has 0 aliphatic carbocycles. The van der Waals surface area contributed by atoms with Gasteiger partial charge >= 0.3 is 0 Å². The van der Waals surface area contributed by atoms with E-state index < -0.39 is 0 Å². The molecule has 0 spiro atoms. The Hall–Kier alpha value is -1.22. The summed E-state index contributed by atoms with van der Waals surface area (Å²) in [5.41, 5.74) is 2.51. The molecule has 30 heavy (non-hydrogen) atoms. The van der Waals surface area contributed by atoms with Crippen molar-refractivity contribution in [1.29, 1.82) is 0 Å². The maximum absolute atomic E-state index is 12.2. The minimum absolute atomic E-state index is 0. The highest BCUT2D eigenvalue weighted by Crippen LogP contribution is 2.29. The van der Waals surface area contributed by atoms with Gasteiger partial charge in [-0.05, 0) is 43.4 Å². The van der Waals surface area contributed by atoms with E-state index in [9.17, 15) is 4.79 Å². The van der Waals surface area contributed by atoms with Gasteiger partial charge in [-0.2, -0.15) is 0 Å². The number of likely N-dealkylation sites (tertiary alicyclic amines) is 1. The highest BCUT2D eigenvalue weighted by Gasteiger charge is 2.28. The van der Waals surface area contributed by atoms with Crippen molar-refractivity contribution < 1.29 is 4.79 Å². The summed E-state index contributed by atoms with van der Waals surface area (Å²) >= 11 is 6.19. The Morgan fingerprint density at radius 3 is 2.73 bits per heavy atom. The maximum atomic E-state index is 12.2. The molecule has 0 radical (unpaired) electrons. The highest BCUT2D eigenvalue weighted by atomic mass is 127. The third-order valence-electron chi connectivity index (χ3n) is 5.91. The molecule has 2 saturated heterocycles. The number of carbonyl (C=O) groups excluding carboxylic acids is 1. The van der Waals surface area contributed by atoms with Crippen LogP contribution in [0.5, 0.6) is 0 Å². The number of halogens is 2. The fraction of sp³-hybridized carbons (Fsp3) is 0.636. The van der Waals surface area contributed by atoms with Crippen LogP contribution in [0.2, 0.25) is 5.02 Å². The van der Waals surface area contributed by atoms with Gasteiger partial charge in [-0.3, -0.25) is 9.79 Å². The first-order chi connectivity index (χ1) is 13.9. The van der Waals surface area contributed by atoms with Crippen LogP contribution >= 0.6 is 35.6 Å². The molecule has 168 valence electrons. The van der Waals surface area contributed by atoms with E-state index in [1.54, 1.807) is 7.05 Å². The van der Waals surface area contributed by atoms with Crippen LogP contribution in [0.25, 0.3) is 0 Å². The molecule has 1 amide bonds. The predicted molar refractivity (Wildman–Crippen MR) is 136 cm³/mol. The lowest BCUT2D eigenvalue weighted by atomic mass is 10.1. The lowest BCUT2D eigenvalue weighted by Gasteiger charge is -2.22. The third kappa shape index (κ3) is 6.39. The Labute approximate surface area is 202 Å². The normalized spacial score (nSPS) is 21.7. The van der Waals surface area contributed by atoms with E-state index >= 15 is 0 Å². The van der Waals surface area contributed by atoms with Gasteiger partial charge in [0.1, 0.15) is 0 Å². The molecule has 2 unspecified atom stereocenters. The predicted octanol–water partition coefficient (Wildman–Crippen LogP) is 3.51. The van der Waals surface area contributed by atoms with Crippen LogP contribution in [0, 0.1) is 18.8 Å². The molecular weight excluding hydrogens is 513 g/mol. The average molecular weight is 548 g/mol. The van der Waals surface area contributed by atoms with E-state index in [2.05, 4.69) is 39.6 Å². The molecule has 0 aromatic heterocycles. The van der Waals surface area contributed by atoms with Crippen molar-refractivity contribution >= 4 is 53.1 Å². The Morgan fingerprint density at radius 1 is 1.27 bits per heavy atom. The Morgan fingerprint density at radius 2 is 2.03 bits per heavy atom. The summed E-state index contributed by atoms with van der Waals surface area (Å²) in [6.45, 7) is 10.6. The van der Waals surface area contributed by atoms with Crippen LogP contribution in [0.4, 0.5) is 5.69 Å². The van der Waals surface area contributed by atoms with Crippen molar-refractivity contribution in [3.8, 4) is 0 Å². The number of aliphatic imine (C=N–C) groups is 1. The zero-order chi connectivity index (χ0) is 21.0. The van der Waals surface area contributed by atoms with Crippen molar-refractivity contribution in [1.82, 2.24) is 15.5 Å². The molecule has 8 heteroatoms. The Bertz CT molecular complexity index is 757. The number of anilines is 1. The molecule has 2 fully saturated rings. The summed E-state index contributed by atoms with van der Waals surface area (Å²) in [6.07, 6.45) is 2.11. The molecule has 2 heterocycles. The van der Waals surface area contributed by atoms with Gasteiger partial charge in [0, 0.05) is 62.4 Å². The number of hydrogen-bond acceptors (Lipinski definition) is 3. The summed E-state index contributed by atoms with van der Waals surface area (Å²) < 4.78 is 0. The number of aryl methyl sites for hydroxylation is 1. The first-order valence-corrected chi connectivity index (χ1v) is 11.0. The summed E-state index contributed by atoms with van der Waals surface area (Å²) in [7, 11) is 1.80. The molecule has 2 aliphatic heterocycles. The molecule has 0 saturated carbocycles. The largest absolute Gasteiger partial charge is 0.371 e. The maximum Gasteiger partial charge on any atom is 0.225 e. The number of benzene rings is 1. The van der Waals surface area contributed by atoms with Gasteiger partial charge in [-0.1, -0.05) is 31.5 Å². The minimum Gasteiger partial charge on any atom is -0.371 e. The summed E-state index contributed by atoms with van der Waals surface area (Å²) in [4.78, 5) is 20.9. The SMILES string of the molecule is CN=C(NCC1CCN(c2cc(Cl)ccc2C)C1)NC1CCN(C(=O)C(C)C)C1.I. The van der Waals surface area contributed by atoms with Gasteiger partial charge in [0.05, 0.1) is 0 Å². The first kappa shape index (κ1) is 25.0. The number of carbonyl (C=O) groups is 1. The molecular formula is C22H35ClIN5O. The number of nitrogens with zero attached hydrogens (tertiary/aromatic N) is 3. The van der Waals surface area contributed by atoms with E-state index in [1.807, 2.05) is 24.8 Å². The van der Waals surface area contributed by atoms with Crippen LogP contribution < -0.4 is 15.5 Å². The van der Waals surface area contributed by atoms with Crippen molar-refractivity contribution in [3.63, 3.8) is 0 Å². The Kier molecular flexibility index (Phi) is 9.53. The van der Waals surface area contributed by atoms with Crippen LogP contribution in [0.1, 0.15) is 32.3 Å². The molecule has 6 nitrogen and oxygen atoms in total. The van der Waals surface area contributed by atoms with E-state index in [-0.39, 0.29) is 41.8 Å². The number of hydrogen-bond donors (Lipinski definition) is 2. The molecule has 3 rings (SSSR count). The van der Waals surface area contributed by atoms with Crippen LogP contribution in [-0.4, -0.2) is 62.6 Å². The molecule has 0 bridgehead atoms. The van der Waals surface area contributed by atoms with Crippen LogP contribution in [0.3, 0.4) is 0 Å². The average Bonchev–Trinajstić information content (AvgIpc) is 3.36. The fourth-order valence-corrected chi connectivity index (χ4v) is 4.38. The summed E-state index contributed by atoms with van der Waals surface area (Å²) in [6, 6.07) is 6.36. The first-order valence-electron chi connectivity index (χ1n) is 10.6. The standard InChI is InChI=1S/C22H34ClN5O.HI/c1-15(2)21(29)28-10-8-19(14-28)26-22(24-4)25-12-17-7-9-27(13-17)20-11-18(23)6-5-16(20)3;/h5-6,11,15,17,19H,7-10,12-14H2,1-4H3,(H2,24,25,26);1H. The van der Waals surface area contributed by atoms with Gasteiger partial charge in [-0.15, -0.1) is 24.0 Å². The van der Waals surface area contributed by atoms with Gasteiger partial charge in [-0.25, -0.2) is 0 Å². The number of nitrogens with one attached hydrogen (secondary N) is 2. The third-order valence-corrected chi connectivity index (χ3v) is 6.15. The summed E-state index contributed by atoms with van der Waals surface area (Å²) in [5, 5.41) is 7.76. The topological polar surface area (TPSA) is 60.0 Å². The van der Waals surface area contributed by atoms with Gasteiger partial charge in [0.2, 0.25) is 5.91 Å². The highest BCUT2D eigenvalue weighted by molar-refractivity contribution is 14.0. The number of rotatable bonds is 5. The smallest absolute Gasteiger partial charge is 0.225 e. The Balaban J connectivity index is 0.00000320. The fourth-order valence-electron chi connectivity index (χ4n) is 4.21. The molecule has 1 aromatic carbocycles. The van der Waals surface area contributed by atoms with E-state index in [0.717, 1.165) is 56.5 Å². The second-order valence-electron chi connectivity index (χ2n) is 8.55. The molecule has 1 aromatic rings. The lowest BCUT2D eigenvalue weighted by Crippen LogP contribution is -2.46. The molecule has 2 atom stereocenters. The van der Waals surface area contributed by atoms with Crippen molar-refractivity contribution in [3.05, 3.63) is 28.8 Å². The second kappa shape index (κ2) is 11.4. The van der Waals surface area contributed by atoms with Crippen molar-refractivity contribution in [2.24, 2.45) is 16.8 Å². The zero-order valence-electron chi connectivity index (χ0n) is 18.4. The van der Waals surface area contributed by atoms with Gasteiger partial charge in [0.25, 0.3) is 0 Å². The monoisotopic (exact) mass is 547 g/mol. The van der Waals surface area contributed by atoms with Crippen LogP contribution in [0.15, 0.2) is 23.2 Å². The van der Waals surface area contributed by atoms with Gasteiger partial charge < -0.3 is 20.4 Å². The number of guanidine groups is 1. The van der Waals surface area contributed by atoms with Gasteiger partial charge in [0.15, 0.2) is 5.96 Å².